The number of pyridine rings is 1. The van der Waals surface area contributed by atoms with Gasteiger partial charge in [-0.2, -0.15) is 4.31 Å². The molecule has 18 heavy (non-hydrogen) atoms. The van der Waals surface area contributed by atoms with Gasteiger partial charge in [0.05, 0.1) is 11.4 Å². The molecule has 0 aliphatic carbocycles. The smallest absolute Gasteiger partial charge is 0.266 e. The summed E-state index contributed by atoms with van der Waals surface area (Å²) in [5, 5.41) is 2.08. The number of amides is 1. The molecule has 0 aliphatic heterocycles. The second-order valence-corrected chi connectivity index (χ2v) is 5.90. The summed E-state index contributed by atoms with van der Waals surface area (Å²) in [6.45, 7) is -0.324. The lowest BCUT2D eigenvalue weighted by Gasteiger charge is -2.15. The number of rotatable bonds is 4. The molecule has 0 bridgehead atoms. The lowest BCUT2D eigenvalue weighted by atomic mass is 10.5. The quantitative estimate of drug-likeness (QED) is 0.774. The zero-order valence-electron chi connectivity index (χ0n) is 9.73. The summed E-state index contributed by atoms with van der Waals surface area (Å²) in [6.07, 6.45) is 1.03. The van der Waals surface area contributed by atoms with Gasteiger partial charge in [0, 0.05) is 20.3 Å². The summed E-state index contributed by atoms with van der Waals surface area (Å²) in [7, 11) is -1.21. The van der Waals surface area contributed by atoms with Gasteiger partial charge in [-0.1, -0.05) is 11.6 Å². The van der Waals surface area contributed by atoms with Gasteiger partial charge in [0.2, 0.25) is 15.9 Å². The molecule has 1 aromatic heterocycles. The van der Waals surface area contributed by atoms with Crippen LogP contribution >= 0.6 is 11.6 Å². The topological polar surface area (TPSA) is 99.3 Å². The van der Waals surface area contributed by atoms with Crippen molar-refractivity contribution in [2.24, 2.45) is 0 Å². The molecule has 0 fully saturated rings. The Morgan fingerprint density at radius 3 is 2.67 bits per heavy atom. The Morgan fingerprint density at radius 2 is 2.17 bits per heavy atom. The third-order valence-electron chi connectivity index (χ3n) is 2.18. The molecule has 2 N–H and O–H groups in total. The summed E-state index contributed by atoms with van der Waals surface area (Å²) in [4.78, 5) is 24.2. The number of nitrogens with zero attached hydrogens (tertiary/aromatic N) is 1. The van der Waals surface area contributed by atoms with Gasteiger partial charge in [-0.25, -0.2) is 8.42 Å². The highest BCUT2D eigenvalue weighted by Gasteiger charge is 2.23. The van der Waals surface area contributed by atoms with Gasteiger partial charge < -0.3 is 10.3 Å². The number of carbonyl (C=O) groups is 1. The van der Waals surface area contributed by atoms with Crippen LogP contribution in [0.2, 0.25) is 5.02 Å². The van der Waals surface area contributed by atoms with Crippen molar-refractivity contribution in [1.82, 2.24) is 14.6 Å². The van der Waals surface area contributed by atoms with Gasteiger partial charge in [0.15, 0.2) is 0 Å². The van der Waals surface area contributed by atoms with Crippen molar-refractivity contribution in [3.8, 4) is 0 Å². The minimum absolute atomic E-state index is 0.182. The Hall–Kier alpha value is -1.38. The van der Waals surface area contributed by atoms with Crippen molar-refractivity contribution in [3.63, 3.8) is 0 Å². The zero-order valence-corrected chi connectivity index (χ0v) is 11.3. The van der Waals surface area contributed by atoms with Gasteiger partial charge in [0.1, 0.15) is 5.02 Å². The Morgan fingerprint density at radius 1 is 1.56 bits per heavy atom. The van der Waals surface area contributed by atoms with E-state index in [-0.39, 0.29) is 16.5 Å². The minimum Gasteiger partial charge on any atom is -0.358 e. The molecule has 0 atom stereocenters. The molecule has 1 rings (SSSR count). The van der Waals surface area contributed by atoms with Crippen molar-refractivity contribution >= 4 is 27.5 Å². The van der Waals surface area contributed by atoms with E-state index in [2.05, 4.69) is 10.3 Å². The van der Waals surface area contributed by atoms with Crippen LogP contribution in [0.1, 0.15) is 0 Å². The number of aromatic nitrogens is 1. The number of aromatic amines is 1. The van der Waals surface area contributed by atoms with Crippen LogP contribution in [0.4, 0.5) is 0 Å². The number of halogens is 1. The van der Waals surface area contributed by atoms with Crippen molar-refractivity contribution in [2.75, 3.05) is 20.6 Å². The third-order valence-corrected chi connectivity index (χ3v) is 4.25. The summed E-state index contributed by atoms with van der Waals surface area (Å²) in [5.74, 6) is -0.448. The number of carbonyl (C=O) groups excluding carboxylic acids is 1. The Balaban J connectivity index is 3.09. The lowest BCUT2D eigenvalue weighted by molar-refractivity contribution is -0.120. The summed E-state index contributed by atoms with van der Waals surface area (Å²) < 4.78 is 24.9. The number of hydrogen-bond donors (Lipinski definition) is 2. The number of hydrogen-bond acceptors (Lipinski definition) is 4. The van der Waals surface area contributed by atoms with Crippen molar-refractivity contribution in [1.29, 1.82) is 0 Å². The fourth-order valence-electron chi connectivity index (χ4n) is 1.13. The van der Waals surface area contributed by atoms with E-state index < -0.39 is 21.5 Å². The molecule has 1 amide bonds. The van der Waals surface area contributed by atoms with Crippen LogP contribution in [0.25, 0.3) is 0 Å². The molecular weight excluding hydrogens is 282 g/mol. The van der Waals surface area contributed by atoms with E-state index in [9.17, 15) is 18.0 Å². The van der Waals surface area contributed by atoms with Crippen molar-refractivity contribution < 1.29 is 13.2 Å². The Labute approximate surface area is 109 Å². The maximum absolute atomic E-state index is 12.0. The normalized spacial score (nSPS) is 11.6. The van der Waals surface area contributed by atoms with Gasteiger partial charge in [-0.15, -0.1) is 0 Å². The maximum atomic E-state index is 12.0. The average Bonchev–Trinajstić information content (AvgIpc) is 2.32. The van der Waals surface area contributed by atoms with Gasteiger partial charge in [-0.05, 0) is 6.07 Å². The molecule has 0 aliphatic rings. The lowest BCUT2D eigenvalue weighted by Crippen LogP contribution is -2.37. The van der Waals surface area contributed by atoms with Gasteiger partial charge >= 0.3 is 0 Å². The van der Waals surface area contributed by atoms with Crippen LogP contribution in [0.3, 0.4) is 0 Å². The first-order valence-electron chi connectivity index (χ1n) is 4.84. The molecule has 0 saturated carbocycles. The minimum atomic E-state index is -3.87. The molecule has 7 nitrogen and oxygen atoms in total. The fourth-order valence-corrected chi connectivity index (χ4v) is 2.49. The molecule has 0 spiro atoms. The highest BCUT2D eigenvalue weighted by Crippen LogP contribution is 2.14. The molecule has 100 valence electrons. The number of sulfonamides is 1. The summed E-state index contributed by atoms with van der Waals surface area (Å²) in [6, 6.07) is 1.04. The molecule has 0 saturated heterocycles. The average molecular weight is 294 g/mol. The third kappa shape index (κ3) is 3.09. The highest BCUT2D eigenvalue weighted by molar-refractivity contribution is 7.89. The Bertz CT molecular complexity index is 610. The molecule has 1 heterocycles. The van der Waals surface area contributed by atoms with E-state index in [1.165, 1.54) is 14.1 Å². The fraction of sp³-hybridized carbons (Fsp3) is 0.333. The second-order valence-electron chi connectivity index (χ2n) is 3.45. The standard InChI is InChI=1S/C9H12ClN3O4S/c1-11-8(14)5-13(2)18(16,17)6-3-7(10)9(15)12-4-6/h3-4H,5H2,1-2H3,(H,11,14)(H,12,15). The first kappa shape index (κ1) is 14.7. The van der Waals surface area contributed by atoms with Crippen molar-refractivity contribution in [3.05, 3.63) is 27.6 Å². The first-order chi connectivity index (χ1) is 8.28. The number of likely N-dealkylation sites (N-methyl/N-ethyl adjacent to an activating group) is 2. The van der Waals surface area contributed by atoms with Gasteiger partial charge in [0.25, 0.3) is 5.56 Å². The maximum Gasteiger partial charge on any atom is 0.266 e. The molecule has 0 aromatic carbocycles. The summed E-state index contributed by atoms with van der Waals surface area (Å²) in [5.41, 5.74) is -0.579. The van der Waals surface area contributed by atoms with E-state index in [1.54, 1.807) is 0 Å². The van der Waals surface area contributed by atoms with Crippen LogP contribution < -0.4 is 10.9 Å². The Kier molecular flexibility index (Phi) is 4.49. The molecule has 0 radical (unpaired) electrons. The SMILES string of the molecule is CNC(=O)CN(C)S(=O)(=O)c1c[nH]c(=O)c(Cl)c1. The van der Waals surface area contributed by atoms with Crippen LogP contribution in [-0.4, -0.2) is 44.3 Å². The summed E-state index contributed by atoms with van der Waals surface area (Å²) >= 11 is 5.55. The van der Waals surface area contributed by atoms with E-state index in [1.807, 2.05) is 0 Å². The van der Waals surface area contributed by atoms with E-state index in [0.717, 1.165) is 16.6 Å². The van der Waals surface area contributed by atoms with E-state index >= 15 is 0 Å². The zero-order chi connectivity index (χ0) is 13.9. The van der Waals surface area contributed by atoms with Crippen LogP contribution in [-0.2, 0) is 14.8 Å². The highest BCUT2D eigenvalue weighted by atomic mass is 35.5. The molecule has 1 aromatic rings. The predicted octanol–water partition coefficient (Wildman–Crippen LogP) is -0.605. The van der Waals surface area contributed by atoms with Crippen molar-refractivity contribution in [2.45, 2.75) is 4.90 Å². The van der Waals surface area contributed by atoms with Crippen LogP contribution in [0.15, 0.2) is 22.0 Å². The van der Waals surface area contributed by atoms with Gasteiger partial charge in [-0.3, -0.25) is 9.59 Å². The first-order valence-corrected chi connectivity index (χ1v) is 6.66. The largest absolute Gasteiger partial charge is 0.358 e. The molecule has 9 heteroatoms. The van der Waals surface area contributed by atoms with E-state index in [4.69, 9.17) is 11.6 Å². The monoisotopic (exact) mass is 293 g/mol. The number of nitrogens with one attached hydrogen (secondary N) is 2. The number of H-pyrrole nitrogens is 1. The van der Waals surface area contributed by atoms with Crippen LogP contribution in [0, 0.1) is 0 Å². The predicted molar refractivity (Wildman–Crippen MR) is 66.0 cm³/mol. The molecule has 0 unspecified atom stereocenters. The second kappa shape index (κ2) is 5.51. The molecular formula is C9H12ClN3O4S. The van der Waals surface area contributed by atoms with Crippen LogP contribution in [0.5, 0.6) is 0 Å². The van der Waals surface area contributed by atoms with E-state index in [0.29, 0.717) is 0 Å².